The third kappa shape index (κ3) is 5.61. The van der Waals surface area contributed by atoms with Crippen LogP contribution in [0.4, 0.5) is 11.8 Å². The second-order valence-corrected chi connectivity index (χ2v) is 6.21. The number of anilines is 2. The number of nitrogens with zero attached hydrogens (tertiary/aromatic N) is 2. The van der Waals surface area contributed by atoms with Crippen LogP contribution in [0.3, 0.4) is 0 Å². The topological polar surface area (TPSA) is 68.3 Å². The summed E-state index contributed by atoms with van der Waals surface area (Å²) in [7, 11) is 1.65. The first-order chi connectivity index (χ1) is 13.8. The predicted octanol–water partition coefficient (Wildman–Crippen LogP) is 4.47. The standard InChI is InChI=1S/C22H26N4O2/c1-3-13-23-21-16-20(17-7-5-4-6-8-17)25-22(26-21)24-14-15-28-19-11-9-18(27-2)10-12-19/h4-12,16H,3,13-15H2,1-2H3,(H2,23,24,25,26). The number of hydrogen-bond donors (Lipinski definition) is 2. The molecule has 0 radical (unpaired) electrons. The molecule has 0 saturated heterocycles. The Bertz CT molecular complexity index is 854. The maximum absolute atomic E-state index is 5.75. The summed E-state index contributed by atoms with van der Waals surface area (Å²) in [6, 6.07) is 19.6. The third-order valence-corrected chi connectivity index (χ3v) is 4.07. The number of methoxy groups -OCH3 is 1. The molecule has 0 unspecified atom stereocenters. The average Bonchev–Trinajstić information content (AvgIpc) is 2.76. The second-order valence-electron chi connectivity index (χ2n) is 6.21. The van der Waals surface area contributed by atoms with Crippen LogP contribution >= 0.6 is 0 Å². The molecule has 0 fully saturated rings. The largest absolute Gasteiger partial charge is 0.497 e. The van der Waals surface area contributed by atoms with Crippen LogP contribution in [0.15, 0.2) is 60.7 Å². The quantitative estimate of drug-likeness (QED) is 0.508. The van der Waals surface area contributed by atoms with E-state index in [4.69, 9.17) is 9.47 Å². The Morgan fingerprint density at radius 1 is 0.857 bits per heavy atom. The van der Waals surface area contributed by atoms with Gasteiger partial charge in [-0.25, -0.2) is 4.98 Å². The van der Waals surface area contributed by atoms with Crippen LogP contribution < -0.4 is 20.1 Å². The molecule has 146 valence electrons. The van der Waals surface area contributed by atoms with Gasteiger partial charge in [-0.3, -0.25) is 0 Å². The Hall–Kier alpha value is -3.28. The molecule has 0 amide bonds. The van der Waals surface area contributed by atoms with E-state index >= 15 is 0 Å². The number of hydrogen-bond acceptors (Lipinski definition) is 6. The van der Waals surface area contributed by atoms with Crippen molar-refractivity contribution in [3.8, 4) is 22.8 Å². The number of ether oxygens (including phenoxy) is 2. The highest BCUT2D eigenvalue weighted by atomic mass is 16.5. The molecule has 1 aromatic heterocycles. The van der Waals surface area contributed by atoms with E-state index in [0.717, 1.165) is 41.5 Å². The Morgan fingerprint density at radius 2 is 1.61 bits per heavy atom. The second kappa shape index (κ2) is 10.2. The highest BCUT2D eigenvalue weighted by Crippen LogP contribution is 2.21. The van der Waals surface area contributed by atoms with Crippen LogP contribution in [0.1, 0.15) is 13.3 Å². The van der Waals surface area contributed by atoms with E-state index in [1.165, 1.54) is 0 Å². The first-order valence-corrected chi connectivity index (χ1v) is 9.47. The molecule has 3 aromatic rings. The Balaban J connectivity index is 1.62. The monoisotopic (exact) mass is 378 g/mol. The normalized spacial score (nSPS) is 10.4. The molecule has 3 rings (SSSR count). The van der Waals surface area contributed by atoms with Gasteiger partial charge in [-0.05, 0) is 30.7 Å². The van der Waals surface area contributed by atoms with Crippen molar-refractivity contribution in [2.45, 2.75) is 13.3 Å². The summed E-state index contributed by atoms with van der Waals surface area (Å²) in [5, 5.41) is 6.59. The fourth-order valence-corrected chi connectivity index (χ4v) is 2.63. The Kier molecular flexibility index (Phi) is 7.07. The zero-order valence-corrected chi connectivity index (χ0v) is 16.3. The van der Waals surface area contributed by atoms with Crippen molar-refractivity contribution in [3.63, 3.8) is 0 Å². The summed E-state index contributed by atoms with van der Waals surface area (Å²) >= 11 is 0. The van der Waals surface area contributed by atoms with Crippen molar-refractivity contribution < 1.29 is 9.47 Å². The van der Waals surface area contributed by atoms with Gasteiger partial charge in [-0.1, -0.05) is 37.3 Å². The molecular weight excluding hydrogens is 352 g/mol. The molecule has 0 atom stereocenters. The van der Waals surface area contributed by atoms with Gasteiger partial charge in [0.2, 0.25) is 5.95 Å². The molecule has 0 spiro atoms. The van der Waals surface area contributed by atoms with Crippen molar-refractivity contribution in [2.75, 3.05) is 37.4 Å². The molecule has 0 bridgehead atoms. The van der Waals surface area contributed by atoms with Crippen LogP contribution in [0.25, 0.3) is 11.3 Å². The Morgan fingerprint density at radius 3 is 2.32 bits per heavy atom. The summed E-state index contributed by atoms with van der Waals surface area (Å²) in [6.07, 6.45) is 1.03. The van der Waals surface area contributed by atoms with Gasteiger partial charge in [0, 0.05) is 18.2 Å². The van der Waals surface area contributed by atoms with Gasteiger partial charge in [0.1, 0.15) is 23.9 Å². The van der Waals surface area contributed by atoms with Crippen molar-refractivity contribution in [1.29, 1.82) is 0 Å². The van der Waals surface area contributed by atoms with Crippen LogP contribution in [0.2, 0.25) is 0 Å². The fraction of sp³-hybridized carbons (Fsp3) is 0.273. The lowest BCUT2D eigenvalue weighted by atomic mass is 10.1. The van der Waals surface area contributed by atoms with E-state index in [2.05, 4.69) is 27.5 Å². The van der Waals surface area contributed by atoms with Gasteiger partial charge < -0.3 is 20.1 Å². The van der Waals surface area contributed by atoms with Crippen molar-refractivity contribution in [1.82, 2.24) is 9.97 Å². The summed E-state index contributed by atoms with van der Waals surface area (Å²) in [5.74, 6) is 3.00. The minimum Gasteiger partial charge on any atom is -0.497 e. The Labute approximate surface area is 166 Å². The van der Waals surface area contributed by atoms with Gasteiger partial charge in [-0.2, -0.15) is 4.98 Å². The molecule has 0 aliphatic carbocycles. The minimum absolute atomic E-state index is 0.503. The van der Waals surface area contributed by atoms with E-state index in [1.807, 2.05) is 60.7 Å². The minimum atomic E-state index is 0.503. The van der Waals surface area contributed by atoms with Crippen molar-refractivity contribution in [3.05, 3.63) is 60.7 Å². The lowest BCUT2D eigenvalue weighted by Gasteiger charge is -2.12. The van der Waals surface area contributed by atoms with Crippen LogP contribution in [0.5, 0.6) is 11.5 Å². The zero-order chi connectivity index (χ0) is 19.6. The summed E-state index contributed by atoms with van der Waals surface area (Å²) in [6.45, 7) is 4.09. The molecule has 0 aliphatic rings. The SMILES string of the molecule is CCCNc1cc(-c2ccccc2)nc(NCCOc2ccc(OC)cc2)n1. The number of aromatic nitrogens is 2. The number of nitrogens with one attached hydrogen (secondary N) is 2. The van der Waals surface area contributed by atoms with Gasteiger partial charge in [0.05, 0.1) is 19.3 Å². The number of benzene rings is 2. The predicted molar refractivity (Wildman–Crippen MR) is 113 cm³/mol. The molecule has 6 nitrogen and oxygen atoms in total. The number of rotatable bonds is 10. The first kappa shape index (κ1) is 19.5. The van der Waals surface area contributed by atoms with E-state index in [1.54, 1.807) is 7.11 Å². The third-order valence-electron chi connectivity index (χ3n) is 4.07. The summed E-state index contributed by atoms with van der Waals surface area (Å²) in [5.41, 5.74) is 1.94. The molecule has 6 heteroatoms. The van der Waals surface area contributed by atoms with E-state index < -0.39 is 0 Å². The smallest absolute Gasteiger partial charge is 0.225 e. The first-order valence-electron chi connectivity index (χ1n) is 9.47. The van der Waals surface area contributed by atoms with E-state index in [9.17, 15) is 0 Å². The average molecular weight is 378 g/mol. The van der Waals surface area contributed by atoms with Crippen molar-refractivity contribution in [2.24, 2.45) is 0 Å². The fourth-order valence-electron chi connectivity index (χ4n) is 2.63. The van der Waals surface area contributed by atoms with Gasteiger partial charge in [-0.15, -0.1) is 0 Å². The highest BCUT2D eigenvalue weighted by molar-refractivity contribution is 5.64. The van der Waals surface area contributed by atoms with Crippen molar-refractivity contribution >= 4 is 11.8 Å². The molecule has 0 saturated carbocycles. The molecule has 2 aromatic carbocycles. The van der Waals surface area contributed by atoms with Gasteiger partial charge in [0.15, 0.2) is 0 Å². The van der Waals surface area contributed by atoms with E-state index in [-0.39, 0.29) is 0 Å². The van der Waals surface area contributed by atoms with E-state index in [0.29, 0.717) is 19.1 Å². The van der Waals surface area contributed by atoms with Gasteiger partial charge in [0.25, 0.3) is 0 Å². The molecular formula is C22H26N4O2. The van der Waals surface area contributed by atoms with Gasteiger partial charge >= 0.3 is 0 Å². The maximum atomic E-state index is 5.75. The van der Waals surface area contributed by atoms with Crippen LogP contribution in [-0.4, -0.2) is 36.8 Å². The molecule has 28 heavy (non-hydrogen) atoms. The maximum Gasteiger partial charge on any atom is 0.225 e. The summed E-state index contributed by atoms with van der Waals surface area (Å²) < 4.78 is 10.9. The van der Waals surface area contributed by atoms with Crippen LogP contribution in [-0.2, 0) is 0 Å². The molecule has 1 heterocycles. The molecule has 2 N–H and O–H groups in total. The summed E-state index contributed by atoms with van der Waals surface area (Å²) in [4.78, 5) is 9.20. The zero-order valence-electron chi connectivity index (χ0n) is 16.3. The highest BCUT2D eigenvalue weighted by Gasteiger charge is 2.06. The lowest BCUT2D eigenvalue weighted by Crippen LogP contribution is -2.14. The molecule has 0 aliphatic heterocycles. The lowest BCUT2D eigenvalue weighted by molar-refractivity contribution is 0.331. The van der Waals surface area contributed by atoms with Crippen LogP contribution in [0, 0.1) is 0 Å².